The molecule has 1 saturated carbocycles. The fourth-order valence-electron chi connectivity index (χ4n) is 2.88. The van der Waals surface area contributed by atoms with Gasteiger partial charge in [0.05, 0.1) is 5.69 Å². The van der Waals surface area contributed by atoms with Crippen LogP contribution in [-0.4, -0.2) is 18.8 Å². The molecule has 1 aliphatic carbocycles. The van der Waals surface area contributed by atoms with Crippen LogP contribution in [0.25, 0.3) is 0 Å². The molecule has 0 radical (unpaired) electrons. The first kappa shape index (κ1) is 16.9. The molecule has 0 saturated heterocycles. The van der Waals surface area contributed by atoms with Gasteiger partial charge in [-0.1, -0.05) is 30.3 Å². The predicted molar refractivity (Wildman–Crippen MR) is 92.2 cm³/mol. The molecular weight excluding hydrogens is 327 g/mol. The lowest BCUT2D eigenvalue weighted by atomic mass is 10.2. The molecule has 1 fully saturated rings. The van der Waals surface area contributed by atoms with E-state index < -0.39 is 15.8 Å². The van der Waals surface area contributed by atoms with Gasteiger partial charge in [0.1, 0.15) is 10.7 Å². The van der Waals surface area contributed by atoms with Gasteiger partial charge in [-0.3, -0.25) is 0 Å². The molecule has 24 heavy (non-hydrogen) atoms. The number of nitrogens with zero attached hydrogens (tertiary/aromatic N) is 1. The van der Waals surface area contributed by atoms with Crippen LogP contribution in [0, 0.1) is 11.7 Å². The molecular formula is C18H21FN2O2S. The average molecular weight is 348 g/mol. The molecule has 128 valence electrons. The van der Waals surface area contributed by atoms with E-state index in [2.05, 4.69) is 0 Å². The van der Waals surface area contributed by atoms with Crippen molar-refractivity contribution in [1.29, 1.82) is 0 Å². The van der Waals surface area contributed by atoms with Crippen molar-refractivity contribution in [2.45, 2.75) is 37.2 Å². The fraction of sp³-hybridized carbons (Fsp3) is 0.333. The van der Waals surface area contributed by atoms with Gasteiger partial charge in [-0.2, -0.15) is 4.31 Å². The second-order valence-corrected chi connectivity index (χ2v) is 8.16. The molecule has 0 spiro atoms. The maximum atomic E-state index is 13.6. The third kappa shape index (κ3) is 3.44. The van der Waals surface area contributed by atoms with E-state index in [0.717, 1.165) is 24.5 Å². The van der Waals surface area contributed by atoms with Gasteiger partial charge >= 0.3 is 0 Å². The summed E-state index contributed by atoms with van der Waals surface area (Å²) in [5.41, 5.74) is 6.79. The van der Waals surface area contributed by atoms with E-state index >= 15 is 0 Å². The Morgan fingerprint density at radius 1 is 1.21 bits per heavy atom. The zero-order valence-electron chi connectivity index (χ0n) is 13.5. The summed E-state index contributed by atoms with van der Waals surface area (Å²) in [6, 6.07) is 12.7. The largest absolute Gasteiger partial charge is 0.398 e. The van der Waals surface area contributed by atoms with E-state index in [1.807, 2.05) is 37.3 Å². The van der Waals surface area contributed by atoms with Crippen LogP contribution in [0.2, 0.25) is 0 Å². The van der Waals surface area contributed by atoms with Crippen LogP contribution in [0.15, 0.2) is 53.4 Å². The Morgan fingerprint density at radius 3 is 2.50 bits per heavy atom. The van der Waals surface area contributed by atoms with Crippen molar-refractivity contribution in [3.05, 3.63) is 59.9 Å². The molecule has 0 heterocycles. The minimum atomic E-state index is -3.89. The summed E-state index contributed by atoms with van der Waals surface area (Å²) in [7, 11) is -3.89. The van der Waals surface area contributed by atoms with E-state index in [-0.39, 0.29) is 23.2 Å². The lowest BCUT2D eigenvalue weighted by molar-refractivity contribution is 0.303. The number of sulfonamides is 1. The van der Waals surface area contributed by atoms with Gasteiger partial charge in [-0.25, -0.2) is 12.8 Å². The van der Waals surface area contributed by atoms with Crippen LogP contribution in [0.3, 0.4) is 0 Å². The van der Waals surface area contributed by atoms with E-state index in [0.29, 0.717) is 5.92 Å². The second-order valence-electron chi connectivity index (χ2n) is 6.30. The highest BCUT2D eigenvalue weighted by Gasteiger charge is 2.39. The van der Waals surface area contributed by atoms with Crippen molar-refractivity contribution >= 4 is 15.7 Å². The Labute approximate surface area is 142 Å². The number of benzene rings is 2. The lowest BCUT2D eigenvalue weighted by Crippen LogP contribution is -2.39. The molecule has 0 aromatic heterocycles. The Hall–Kier alpha value is -1.92. The number of halogens is 1. The topological polar surface area (TPSA) is 63.4 Å². The first-order valence-electron chi connectivity index (χ1n) is 8.00. The van der Waals surface area contributed by atoms with E-state index in [1.54, 1.807) is 0 Å². The van der Waals surface area contributed by atoms with E-state index in [1.165, 1.54) is 16.4 Å². The van der Waals surface area contributed by atoms with E-state index in [9.17, 15) is 12.8 Å². The van der Waals surface area contributed by atoms with Crippen LogP contribution < -0.4 is 5.73 Å². The molecule has 4 nitrogen and oxygen atoms in total. The number of anilines is 1. The molecule has 1 unspecified atom stereocenters. The molecule has 3 rings (SSSR count). The number of nitrogens with two attached hydrogens (primary N) is 1. The number of hydrogen-bond donors (Lipinski definition) is 1. The Morgan fingerprint density at radius 2 is 1.88 bits per heavy atom. The average Bonchev–Trinajstić information content (AvgIpc) is 3.40. The van der Waals surface area contributed by atoms with Gasteiger partial charge < -0.3 is 5.73 Å². The molecule has 0 amide bonds. The van der Waals surface area contributed by atoms with E-state index in [4.69, 9.17) is 5.73 Å². The van der Waals surface area contributed by atoms with Crippen molar-refractivity contribution in [2.24, 2.45) is 5.92 Å². The van der Waals surface area contributed by atoms with Gasteiger partial charge in [0, 0.05) is 12.6 Å². The molecule has 2 aromatic rings. The third-order valence-electron chi connectivity index (χ3n) is 4.50. The van der Waals surface area contributed by atoms with Crippen molar-refractivity contribution < 1.29 is 12.8 Å². The zero-order valence-corrected chi connectivity index (χ0v) is 14.3. The van der Waals surface area contributed by atoms with Crippen molar-refractivity contribution in [2.75, 3.05) is 5.73 Å². The molecule has 1 atom stereocenters. The summed E-state index contributed by atoms with van der Waals surface area (Å²) >= 11 is 0. The highest BCUT2D eigenvalue weighted by molar-refractivity contribution is 7.89. The molecule has 0 aliphatic heterocycles. The summed E-state index contributed by atoms with van der Waals surface area (Å²) < 4.78 is 41.4. The van der Waals surface area contributed by atoms with Gasteiger partial charge in [0.2, 0.25) is 10.0 Å². The fourth-order valence-corrected chi connectivity index (χ4v) is 4.69. The van der Waals surface area contributed by atoms with Gasteiger partial charge in [-0.05, 0) is 49.4 Å². The summed E-state index contributed by atoms with van der Waals surface area (Å²) in [6.45, 7) is 2.16. The molecule has 0 bridgehead atoms. The summed E-state index contributed by atoms with van der Waals surface area (Å²) in [5, 5.41) is 0. The van der Waals surface area contributed by atoms with Gasteiger partial charge in [-0.15, -0.1) is 0 Å². The summed E-state index contributed by atoms with van der Waals surface area (Å²) in [6.07, 6.45) is 2.03. The normalized spacial score (nSPS) is 16.3. The maximum Gasteiger partial charge on any atom is 0.245 e. The Kier molecular flexibility index (Phi) is 4.60. The van der Waals surface area contributed by atoms with Gasteiger partial charge in [0.25, 0.3) is 0 Å². The first-order chi connectivity index (χ1) is 11.4. The van der Waals surface area contributed by atoms with Crippen LogP contribution in [0.1, 0.15) is 25.3 Å². The maximum absolute atomic E-state index is 13.6. The number of nitrogen functional groups attached to an aromatic ring is 1. The van der Waals surface area contributed by atoms with Crippen LogP contribution >= 0.6 is 0 Å². The van der Waals surface area contributed by atoms with Crippen LogP contribution in [0.4, 0.5) is 10.1 Å². The predicted octanol–water partition coefficient (Wildman–Crippen LogP) is 3.40. The monoisotopic (exact) mass is 348 g/mol. The molecule has 2 N–H and O–H groups in total. The molecule has 1 aliphatic rings. The molecule has 2 aromatic carbocycles. The van der Waals surface area contributed by atoms with Crippen molar-refractivity contribution in [3.8, 4) is 0 Å². The zero-order chi connectivity index (χ0) is 17.3. The highest BCUT2D eigenvalue weighted by atomic mass is 32.2. The highest BCUT2D eigenvalue weighted by Crippen LogP contribution is 2.38. The first-order valence-corrected chi connectivity index (χ1v) is 9.44. The minimum absolute atomic E-state index is 0.0671. The standard InChI is InChI=1S/C18H21FN2O2S/c1-13(15-7-8-15)21(12-14-5-3-2-4-6-14)24(22,23)18-11-16(19)9-10-17(18)20/h2-6,9-11,13,15H,7-8,12,20H2,1H3. The van der Waals surface area contributed by atoms with Crippen molar-refractivity contribution in [3.63, 3.8) is 0 Å². The summed E-state index contributed by atoms with van der Waals surface area (Å²) in [4.78, 5) is -0.161. The third-order valence-corrected chi connectivity index (χ3v) is 6.49. The quantitative estimate of drug-likeness (QED) is 0.814. The summed E-state index contributed by atoms with van der Waals surface area (Å²) in [5.74, 6) is -0.264. The Bertz CT molecular complexity index is 820. The number of hydrogen-bond acceptors (Lipinski definition) is 3. The second kappa shape index (κ2) is 6.53. The Balaban J connectivity index is 2.01. The smallest absolute Gasteiger partial charge is 0.245 e. The lowest BCUT2D eigenvalue weighted by Gasteiger charge is -2.29. The van der Waals surface area contributed by atoms with Gasteiger partial charge in [0.15, 0.2) is 0 Å². The minimum Gasteiger partial charge on any atom is -0.398 e. The molecule has 6 heteroatoms. The van der Waals surface area contributed by atoms with Crippen molar-refractivity contribution in [1.82, 2.24) is 4.31 Å². The van der Waals surface area contributed by atoms with Crippen LogP contribution in [0.5, 0.6) is 0 Å². The van der Waals surface area contributed by atoms with Crippen LogP contribution in [-0.2, 0) is 16.6 Å². The SMILES string of the molecule is CC(C1CC1)N(Cc1ccccc1)S(=O)(=O)c1cc(F)ccc1N. The number of rotatable bonds is 6.